The molecular formula is C13H14BrNO. The van der Waals surface area contributed by atoms with Gasteiger partial charge in [-0.15, -0.1) is 0 Å². The number of aryl methyl sites for hydroxylation is 1. The van der Waals surface area contributed by atoms with Gasteiger partial charge in [0, 0.05) is 10.9 Å². The van der Waals surface area contributed by atoms with Crippen molar-refractivity contribution in [1.29, 1.82) is 5.26 Å². The molecule has 0 aliphatic rings. The van der Waals surface area contributed by atoms with Crippen molar-refractivity contribution in [2.75, 3.05) is 0 Å². The van der Waals surface area contributed by atoms with E-state index in [-0.39, 0.29) is 12.2 Å². The average molecular weight is 280 g/mol. The minimum absolute atomic E-state index is 0.0285. The van der Waals surface area contributed by atoms with Gasteiger partial charge >= 0.3 is 0 Å². The molecule has 0 N–H and O–H groups in total. The first kappa shape index (κ1) is 12.9. The van der Waals surface area contributed by atoms with E-state index in [9.17, 15) is 10.1 Å². The van der Waals surface area contributed by atoms with E-state index in [1.807, 2.05) is 25.1 Å². The van der Waals surface area contributed by atoms with Gasteiger partial charge in [0.2, 0.25) is 0 Å². The van der Waals surface area contributed by atoms with Gasteiger partial charge in [-0.1, -0.05) is 28.1 Å². The first-order chi connectivity index (χ1) is 7.39. The molecule has 0 heterocycles. The quantitative estimate of drug-likeness (QED) is 0.850. The van der Waals surface area contributed by atoms with Crippen molar-refractivity contribution in [1.82, 2.24) is 0 Å². The number of Topliss-reactive ketones (excluding diaryl/α,β-unsaturated/α-hetero) is 1. The van der Waals surface area contributed by atoms with Gasteiger partial charge in [-0.05, 0) is 38.0 Å². The molecule has 1 aromatic rings. The van der Waals surface area contributed by atoms with Gasteiger partial charge in [-0.3, -0.25) is 4.79 Å². The van der Waals surface area contributed by atoms with Crippen molar-refractivity contribution in [3.05, 3.63) is 33.8 Å². The van der Waals surface area contributed by atoms with Gasteiger partial charge in [0.1, 0.15) is 5.78 Å². The molecule has 0 aromatic heterocycles. The van der Waals surface area contributed by atoms with Gasteiger partial charge in [-0.25, -0.2) is 0 Å². The number of benzene rings is 1. The zero-order chi connectivity index (χ0) is 12.3. The van der Waals surface area contributed by atoms with Gasteiger partial charge in [0.05, 0.1) is 11.5 Å². The largest absolute Gasteiger partial charge is 0.300 e. The van der Waals surface area contributed by atoms with Gasteiger partial charge in [0.25, 0.3) is 0 Å². The molecule has 0 saturated heterocycles. The predicted octanol–water partition coefficient (Wildman–Crippen LogP) is 3.52. The van der Waals surface area contributed by atoms with E-state index in [2.05, 4.69) is 22.0 Å². The molecule has 0 saturated carbocycles. The fourth-order valence-corrected chi connectivity index (χ4v) is 2.02. The maximum atomic E-state index is 11.2. The standard InChI is InChI=1S/C13H14BrNO/c1-9-4-5-11(6-12(9)14)13(3,8-15)7-10(2)16/h4-6H,7H2,1-3H3. The van der Waals surface area contributed by atoms with E-state index in [1.165, 1.54) is 6.92 Å². The van der Waals surface area contributed by atoms with Crippen LogP contribution in [0.5, 0.6) is 0 Å². The van der Waals surface area contributed by atoms with Gasteiger partial charge in [0.15, 0.2) is 0 Å². The van der Waals surface area contributed by atoms with Crippen LogP contribution in [-0.4, -0.2) is 5.78 Å². The minimum Gasteiger partial charge on any atom is -0.300 e. The van der Waals surface area contributed by atoms with E-state index >= 15 is 0 Å². The summed E-state index contributed by atoms with van der Waals surface area (Å²) in [5.41, 5.74) is 1.26. The second-order valence-electron chi connectivity index (χ2n) is 4.29. The van der Waals surface area contributed by atoms with Crippen LogP contribution in [0.3, 0.4) is 0 Å². The Morgan fingerprint density at radius 3 is 2.62 bits per heavy atom. The lowest BCUT2D eigenvalue weighted by molar-refractivity contribution is -0.117. The minimum atomic E-state index is -0.734. The number of carbonyl (C=O) groups is 1. The highest BCUT2D eigenvalue weighted by Crippen LogP contribution is 2.30. The SMILES string of the molecule is CC(=O)CC(C)(C#N)c1ccc(C)c(Br)c1. The molecule has 84 valence electrons. The Morgan fingerprint density at radius 1 is 1.56 bits per heavy atom. The lowest BCUT2D eigenvalue weighted by Crippen LogP contribution is -2.22. The molecule has 0 aliphatic heterocycles. The summed E-state index contributed by atoms with van der Waals surface area (Å²) in [5, 5.41) is 9.23. The zero-order valence-electron chi connectivity index (χ0n) is 9.67. The van der Waals surface area contributed by atoms with Crippen LogP contribution < -0.4 is 0 Å². The van der Waals surface area contributed by atoms with Crippen molar-refractivity contribution < 1.29 is 4.79 Å². The van der Waals surface area contributed by atoms with Crippen LogP contribution in [0.25, 0.3) is 0 Å². The Labute approximate surface area is 104 Å². The highest BCUT2D eigenvalue weighted by Gasteiger charge is 2.28. The Hall–Kier alpha value is -1.14. The second kappa shape index (κ2) is 4.80. The third-order valence-electron chi connectivity index (χ3n) is 2.66. The van der Waals surface area contributed by atoms with E-state index in [1.54, 1.807) is 6.92 Å². The number of ketones is 1. The molecule has 1 atom stereocenters. The third-order valence-corrected chi connectivity index (χ3v) is 3.51. The van der Waals surface area contributed by atoms with Crippen LogP contribution in [-0.2, 0) is 10.2 Å². The van der Waals surface area contributed by atoms with Crippen LogP contribution in [0.1, 0.15) is 31.4 Å². The number of hydrogen-bond donors (Lipinski definition) is 0. The molecular weight excluding hydrogens is 266 g/mol. The summed E-state index contributed by atoms with van der Waals surface area (Å²) in [7, 11) is 0. The smallest absolute Gasteiger partial charge is 0.131 e. The van der Waals surface area contributed by atoms with Crippen molar-refractivity contribution in [2.45, 2.75) is 32.6 Å². The maximum Gasteiger partial charge on any atom is 0.131 e. The Morgan fingerprint density at radius 2 is 2.19 bits per heavy atom. The lowest BCUT2D eigenvalue weighted by atomic mass is 9.79. The first-order valence-electron chi connectivity index (χ1n) is 5.06. The maximum absolute atomic E-state index is 11.2. The zero-order valence-corrected chi connectivity index (χ0v) is 11.3. The third kappa shape index (κ3) is 2.70. The van der Waals surface area contributed by atoms with Crippen LogP contribution >= 0.6 is 15.9 Å². The topological polar surface area (TPSA) is 40.9 Å². The van der Waals surface area contributed by atoms with E-state index in [4.69, 9.17) is 0 Å². The van der Waals surface area contributed by atoms with E-state index < -0.39 is 5.41 Å². The number of halogens is 1. The molecule has 2 nitrogen and oxygen atoms in total. The molecule has 0 aliphatic carbocycles. The van der Waals surface area contributed by atoms with Crippen molar-refractivity contribution in [3.8, 4) is 6.07 Å². The Bertz CT molecular complexity index is 461. The van der Waals surface area contributed by atoms with Crippen LogP contribution in [0.15, 0.2) is 22.7 Å². The van der Waals surface area contributed by atoms with E-state index in [0.717, 1.165) is 15.6 Å². The number of nitrogens with zero attached hydrogens (tertiary/aromatic N) is 1. The summed E-state index contributed by atoms with van der Waals surface area (Å²) in [4.78, 5) is 11.2. The van der Waals surface area contributed by atoms with Crippen LogP contribution in [0, 0.1) is 18.3 Å². The van der Waals surface area contributed by atoms with Gasteiger partial charge < -0.3 is 0 Å². The monoisotopic (exact) mass is 279 g/mol. The molecule has 1 rings (SSSR count). The first-order valence-corrected chi connectivity index (χ1v) is 5.85. The lowest BCUT2D eigenvalue weighted by Gasteiger charge is -2.21. The Balaban J connectivity index is 3.19. The summed E-state index contributed by atoms with van der Waals surface area (Å²) >= 11 is 3.44. The van der Waals surface area contributed by atoms with Gasteiger partial charge in [-0.2, -0.15) is 5.26 Å². The number of hydrogen-bond acceptors (Lipinski definition) is 2. The molecule has 0 spiro atoms. The molecule has 1 aromatic carbocycles. The fourth-order valence-electron chi connectivity index (χ4n) is 1.64. The molecule has 16 heavy (non-hydrogen) atoms. The average Bonchev–Trinajstić information content (AvgIpc) is 2.21. The van der Waals surface area contributed by atoms with E-state index in [0.29, 0.717) is 0 Å². The summed E-state index contributed by atoms with van der Waals surface area (Å²) in [6.45, 7) is 5.30. The predicted molar refractivity (Wildman–Crippen MR) is 67.1 cm³/mol. The summed E-state index contributed by atoms with van der Waals surface area (Å²) < 4.78 is 0.968. The van der Waals surface area contributed by atoms with Crippen LogP contribution in [0.4, 0.5) is 0 Å². The number of rotatable bonds is 3. The second-order valence-corrected chi connectivity index (χ2v) is 5.14. The summed E-state index contributed by atoms with van der Waals surface area (Å²) in [6, 6.07) is 8.01. The summed E-state index contributed by atoms with van der Waals surface area (Å²) in [5.74, 6) is 0.0285. The van der Waals surface area contributed by atoms with Crippen molar-refractivity contribution >= 4 is 21.7 Å². The van der Waals surface area contributed by atoms with Crippen molar-refractivity contribution in [3.63, 3.8) is 0 Å². The van der Waals surface area contributed by atoms with Crippen LogP contribution in [0.2, 0.25) is 0 Å². The normalized spacial score (nSPS) is 13.9. The molecule has 0 fully saturated rings. The van der Waals surface area contributed by atoms with Crippen molar-refractivity contribution in [2.24, 2.45) is 0 Å². The highest BCUT2D eigenvalue weighted by molar-refractivity contribution is 9.10. The molecule has 0 amide bonds. The molecule has 1 unspecified atom stereocenters. The summed E-state index contributed by atoms with van der Waals surface area (Å²) in [6.07, 6.45) is 0.249. The molecule has 3 heteroatoms. The Kier molecular flexibility index (Phi) is 3.88. The number of nitriles is 1. The highest BCUT2D eigenvalue weighted by atomic mass is 79.9. The number of carbonyl (C=O) groups excluding carboxylic acids is 1. The molecule has 0 radical (unpaired) electrons. The molecule has 0 bridgehead atoms. The fraction of sp³-hybridized carbons (Fsp3) is 0.385.